The first-order valence-corrected chi connectivity index (χ1v) is 27.5. The number of aliphatic hydroxyl groups is 2. The van der Waals surface area contributed by atoms with Crippen molar-refractivity contribution in [1.82, 2.24) is 5.32 Å². The molecule has 0 rings (SSSR count). The highest BCUT2D eigenvalue weighted by atomic mass is 31.2. The Morgan fingerprint density at radius 3 is 1.43 bits per heavy atom. The molecule has 0 aliphatic rings. The normalized spacial score (nSPS) is 15.3. The highest BCUT2D eigenvalue weighted by molar-refractivity contribution is 7.45. The smallest absolute Gasteiger partial charge is 0.268 e. The Kier molecular flexibility index (Phi) is 43.8. The molecule has 0 saturated carbocycles. The molecule has 0 aliphatic carbocycles. The van der Waals surface area contributed by atoms with Gasteiger partial charge in [0.05, 0.1) is 39.9 Å². The maximum Gasteiger partial charge on any atom is 0.268 e. The number of nitrogens with one attached hydrogen (secondary N) is 1. The molecule has 1 amide bonds. The van der Waals surface area contributed by atoms with Gasteiger partial charge in [-0.05, 0) is 89.9 Å². The molecule has 0 aliphatic heterocycles. The van der Waals surface area contributed by atoms with Crippen LogP contribution >= 0.6 is 7.82 Å². The first-order valence-electron chi connectivity index (χ1n) is 26.0. The number of rotatable bonds is 46. The Hall–Kier alpha value is -2.36. The van der Waals surface area contributed by atoms with E-state index in [0.29, 0.717) is 30.3 Å². The van der Waals surface area contributed by atoms with Crippen LogP contribution in [0.1, 0.15) is 200 Å². The molecule has 0 aromatic rings. The summed E-state index contributed by atoms with van der Waals surface area (Å²) in [5, 5.41) is 24.6. The van der Waals surface area contributed by atoms with Crippen molar-refractivity contribution >= 4 is 13.7 Å². The summed E-state index contributed by atoms with van der Waals surface area (Å²) in [6, 6.07) is -1.10. The van der Waals surface area contributed by atoms with Crippen molar-refractivity contribution in [2.24, 2.45) is 0 Å². The second-order valence-corrected chi connectivity index (χ2v) is 20.0. The fraction of sp³-hybridized carbons (Fsp3) is 0.727. The summed E-state index contributed by atoms with van der Waals surface area (Å²) < 4.78 is 23.2. The van der Waals surface area contributed by atoms with Crippen LogP contribution in [0.5, 0.6) is 0 Å². The molecule has 9 nitrogen and oxygen atoms in total. The summed E-state index contributed by atoms with van der Waals surface area (Å²) in [5.41, 5.74) is 0. The molecule has 10 heteroatoms. The van der Waals surface area contributed by atoms with E-state index >= 15 is 0 Å². The van der Waals surface area contributed by atoms with Gasteiger partial charge in [0.1, 0.15) is 19.3 Å². The van der Waals surface area contributed by atoms with E-state index in [1.807, 2.05) is 21.1 Å². The second-order valence-electron chi connectivity index (χ2n) is 18.6. The lowest BCUT2D eigenvalue weighted by Crippen LogP contribution is -2.51. The highest BCUT2D eigenvalue weighted by Gasteiger charge is 2.29. The fourth-order valence-electron chi connectivity index (χ4n) is 7.08. The Labute approximate surface area is 399 Å². The summed E-state index contributed by atoms with van der Waals surface area (Å²) in [6.45, 7) is 4.28. The largest absolute Gasteiger partial charge is 0.756 e. The van der Waals surface area contributed by atoms with E-state index in [2.05, 4.69) is 104 Å². The molecule has 0 fully saturated rings. The molecule has 376 valence electrons. The monoisotopic (exact) mass is 931 g/mol. The Bertz CT molecular complexity index is 1350. The van der Waals surface area contributed by atoms with Crippen LogP contribution in [0.25, 0.3) is 0 Å². The van der Waals surface area contributed by atoms with Gasteiger partial charge in [-0.15, -0.1) is 0 Å². The molecule has 3 N–H and O–H groups in total. The number of phosphoric ester groups is 1. The molecule has 0 aromatic heterocycles. The number of unbranched alkanes of at least 4 members (excludes halogenated alkanes) is 18. The van der Waals surface area contributed by atoms with Crippen molar-refractivity contribution in [1.29, 1.82) is 0 Å². The van der Waals surface area contributed by atoms with E-state index in [4.69, 9.17) is 9.05 Å². The van der Waals surface area contributed by atoms with Crippen LogP contribution in [0.15, 0.2) is 85.1 Å². The van der Waals surface area contributed by atoms with Gasteiger partial charge in [0, 0.05) is 6.42 Å². The van der Waals surface area contributed by atoms with Gasteiger partial charge in [0.2, 0.25) is 5.91 Å². The van der Waals surface area contributed by atoms with Gasteiger partial charge >= 0.3 is 0 Å². The number of phosphoric acid groups is 1. The number of likely N-dealkylation sites (N-methyl/N-ethyl adjacent to an activating group) is 1. The van der Waals surface area contributed by atoms with Gasteiger partial charge in [0.15, 0.2) is 0 Å². The molecule has 0 heterocycles. The molecule has 0 radical (unpaired) electrons. The van der Waals surface area contributed by atoms with E-state index in [1.165, 1.54) is 83.5 Å². The Morgan fingerprint density at radius 1 is 0.569 bits per heavy atom. The van der Waals surface area contributed by atoms with Gasteiger partial charge in [-0.1, -0.05) is 189 Å². The van der Waals surface area contributed by atoms with Crippen LogP contribution in [-0.2, 0) is 18.4 Å². The zero-order valence-corrected chi connectivity index (χ0v) is 43.2. The topological polar surface area (TPSA) is 128 Å². The molecular weight excluding hydrogens is 832 g/mol. The van der Waals surface area contributed by atoms with Gasteiger partial charge in [0.25, 0.3) is 7.82 Å². The van der Waals surface area contributed by atoms with Gasteiger partial charge in [-0.2, -0.15) is 0 Å². The number of hydrogen-bond acceptors (Lipinski definition) is 7. The van der Waals surface area contributed by atoms with Crippen LogP contribution in [-0.4, -0.2) is 79.8 Å². The predicted molar refractivity (Wildman–Crippen MR) is 276 cm³/mol. The van der Waals surface area contributed by atoms with E-state index < -0.39 is 32.7 Å². The maximum absolute atomic E-state index is 13.0. The van der Waals surface area contributed by atoms with Crippen molar-refractivity contribution in [2.45, 2.75) is 218 Å². The minimum Gasteiger partial charge on any atom is -0.756 e. The molecule has 0 bridgehead atoms. The number of allylic oxidation sites excluding steroid dienone is 14. The van der Waals surface area contributed by atoms with Crippen molar-refractivity contribution in [2.75, 3.05) is 40.9 Å². The third kappa shape index (κ3) is 46.5. The zero-order chi connectivity index (χ0) is 48.0. The number of aliphatic hydroxyl groups excluding tert-OH is 2. The minimum absolute atomic E-state index is 0.0509. The number of carbonyl (C=O) groups is 1. The summed E-state index contributed by atoms with van der Waals surface area (Å²) >= 11 is 0. The predicted octanol–water partition coefficient (Wildman–Crippen LogP) is 13.6. The molecule has 65 heavy (non-hydrogen) atoms. The van der Waals surface area contributed by atoms with Gasteiger partial charge < -0.3 is 34.0 Å². The number of nitrogens with zero attached hydrogens (tertiary/aromatic N) is 1. The quantitative estimate of drug-likeness (QED) is 0.0240. The maximum atomic E-state index is 13.0. The lowest BCUT2D eigenvalue weighted by Gasteiger charge is -2.31. The molecule has 4 unspecified atom stereocenters. The van der Waals surface area contributed by atoms with Crippen molar-refractivity contribution in [3.05, 3.63) is 85.1 Å². The fourth-order valence-corrected chi connectivity index (χ4v) is 7.80. The van der Waals surface area contributed by atoms with E-state index in [9.17, 15) is 24.5 Å². The third-order valence-electron chi connectivity index (χ3n) is 11.2. The Balaban J connectivity index is 4.30. The van der Waals surface area contributed by atoms with E-state index in [1.54, 1.807) is 0 Å². The standard InChI is InChI=1S/C55H99N2O7P/c1-6-8-10-12-14-16-18-20-21-22-23-24-25-26-27-28-29-30-31-32-33-34-35-36-38-40-42-44-46-48-54(59)56-52(51-64-65(61,62)63-50-49-57(3,4)5)55(60)53(58)47-45-43-41-39-37-19-17-15-13-11-9-7-2/h8,10,14,16,20-21,23-24,26-27,29-30,39,41,52-53,55,58,60H,6-7,9,11-13,15,17-19,22,25,28,31-38,40,42-51H2,1-5H3,(H-,56,59,61,62)/b10-8-,16-14-,21-20-,24-23-,27-26-,30-29-,41-39+. The van der Waals surface area contributed by atoms with Gasteiger partial charge in [-0.3, -0.25) is 9.36 Å². The minimum atomic E-state index is -4.68. The number of carbonyl (C=O) groups excluding carboxylic acids is 1. The lowest BCUT2D eigenvalue weighted by molar-refractivity contribution is -0.870. The average molecular weight is 931 g/mol. The molecule has 0 spiro atoms. The molecule has 0 aromatic carbocycles. The van der Waals surface area contributed by atoms with Crippen LogP contribution < -0.4 is 10.2 Å². The summed E-state index contributed by atoms with van der Waals surface area (Å²) in [5.74, 6) is -0.297. The van der Waals surface area contributed by atoms with Gasteiger partial charge in [-0.25, -0.2) is 0 Å². The number of amides is 1. The average Bonchev–Trinajstić information content (AvgIpc) is 3.26. The second kappa shape index (κ2) is 45.4. The number of quaternary nitrogens is 1. The number of hydrogen-bond donors (Lipinski definition) is 3. The molecule has 0 saturated heterocycles. The lowest BCUT2D eigenvalue weighted by atomic mass is 10.0. The van der Waals surface area contributed by atoms with Crippen LogP contribution in [0.2, 0.25) is 0 Å². The zero-order valence-electron chi connectivity index (χ0n) is 42.3. The first kappa shape index (κ1) is 62.6. The molecular formula is C55H99N2O7P. The van der Waals surface area contributed by atoms with Crippen LogP contribution in [0.4, 0.5) is 0 Å². The third-order valence-corrected chi connectivity index (χ3v) is 12.2. The first-order chi connectivity index (χ1) is 31.4. The summed E-state index contributed by atoms with van der Waals surface area (Å²) in [6.07, 6.45) is 59.2. The van der Waals surface area contributed by atoms with E-state index in [-0.39, 0.29) is 18.9 Å². The van der Waals surface area contributed by atoms with Crippen molar-refractivity contribution in [3.8, 4) is 0 Å². The molecule has 4 atom stereocenters. The van der Waals surface area contributed by atoms with Crippen LogP contribution in [0, 0.1) is 0 Å². The van der Waals surface area contributed by atoms with Crippen LogP contribution in [0.3, 0.4) is 0 Å². The van der Waals surface area contributed by atoms with E-state index in [0.717, 1.165) is 77.0 Å². The van der Waals surface area contributed by atoms with Crippen molar-refractivity contribution < 1.29 is 38.0 Å². The Morgan fingerprint density at radius 2 is 0.969 bits per heavy atom. The summed E-state index contributed by atoms with van der Waals surface area (Å²) in [4.78, 5) is 25.5. The highest BCUT2D eigenvalue weighted by Crippen LogP contribution is 2.38. The summed E-state index contributed by atoms with van der Waals surface area (Å²) in [7, 11) is 1.09. The van der Waals surface area contributed by atoms with Crippen molar-refractivity contribution in [3.63, 3.8) is 0 Å². The SMILES string of the molecule is CC/C=C\C/C=C\C/C=C\C/C=C\C/C=C\C/C=C\CCCCCCCCCCCCC(=O)NC(COP(=O)([O-])OCC[N+](C)(C)C)C(O)C(O)CCC/C=C/CCCCCCCCC.